The van der Waals surface area contributed by atoms with Crippen LogP contribution in [-0.2, 0) is 16.0 Å². The van der Waals surface area contributed by atoms with Crippen LogP contribution in [0.1, 0.15) is 15.9 Å². The molecule has 0 aromatic heterocycles. The standard InChI is InChI=1S/C12H10O3/c13-11-9-4-2-1-3-7(9)5-8-6-15-12(14)10(8)11/h1-4,8,10H,5-6H2. The summed E-state index contributed by atoms with van der Waals surface area (Å²) in [5, 5.41) is 0. The van der Waals surface area contributed by atoms with E-state index in [1.54, 1.807) is 6.07 Å². The van der Waals surface area contributed by atoms with Gasteiger partial charge in [-0.15, -0.1) is 0 Å². The van der Waals surface area contributed by atoms with Gasteiger partial charge in [0.15, 0.2) is 5.78 Å². The van der Waals surface area contributed by atoms with E-state index in [1.165, 1.54) is 0 Å². The third-order valence-electron chi connectivity index (χ3n) is 3.21. The van der Waals surface area contributed by atoms with Gasteiger partial charge in [0.2, 0.25) is 0 Å². The average Bonchev–Trinajstić information content (AvgIpc) is 2.61. The molecule has 1 aliphatic heterocycles. The van der Waals surface area contributed by atoms with Crippen LogP contribution in [0.15, 0.2) is 24.3 Å². The number of carbonyl (C=O) groups is 2. The molecule has 1 aromatic rings. The average molecular weight is 202 g/mol. The molecule has 0 saturated carbocycles. The molecular formula is C12H10O3. The maximum atomic E-state index is 12.0. The van der Waals surface area contributed by atoms with Gasteiger partial charge in [-0.05, 0) is 12.0 Å². The van der Waals surface area contributed by atoms with E-state index in [0.29, 0.717) is 12.2 Å². The quantitative estimate of drug-likeness (QED) is 0.469. The van der Waals surface area contributed by atoms with Crippen molar-refractivity contribution in [2.75, 3.05) is 6.61 Å². The van der Waals surface area contributed by atoms with E-state index in [9.17, 15) is 9.59 Å². The number of cyclic esters (lactones) is 1. The molecule has 0 radical (unpaired) electrons. The molecule has 2 unspecified atom stereocenters. The fraction of sp³-hybridized carbons (Fsp3) is 0.333. The second-order valence-electron chi connectivity index (χ2n) is 4.09. The van der Waals surface area contributed by atoms with E-state index in [4.69, 9.17) is 4.74 Å². The summed E-state index contributed by atoms with van der Waals surface area (Å²) in [5.41, 5.74) is 1.74. The first-order chi connectivity index (χ1) is 7.27. The predicted octanol–water partition coefficient (Wildman–Crippen LogP) is 1.21. The second kappa shape index (κ2) is 2.92. The number of Topliss-reactive ketones (excluding diaryl/α,β-unsaturated/α-hetero) is 1. The Labute approximate surface area is 87.0 Å². The number of rotatable bonds is 0. The number of hydrogen-bond acceptors (Lipinski definition) is 3. The van der Waals surface area contributed by atoms with Crippen LogP contribution < -0.4 is 0 Å². The van der Waals surface area contributed by atoms with Crippen molar-refractivity contribution in [2.45, 2.75) is 6.42 Å². The first-order valence-corrected chi connectivity index (χ1v) is 5.06. The van der Waals surface area contributed by atoms with Crippen LogP contribution in [0.25, 0.3) is 0 Å². The van der Waals surface area contributed by atoms with Crippen molar-refractivity contribution in [1.29, 1.82) is 0 Å². The fourth-order valence-corrected chi connectivity index (χ4v) is 2.45. The van der Waals surface area contributed by atoms with Gasteiger partial charge in [-0.25, -0.2) is 0 Å². The van der Waals surface area contributed by atoms with Gasteiger partial charge in [0.1, 0.15) is 5.92 Å². The molecule has 3 heteroatoms. The van der Waals surface area contributed by atoms with Gasteiger partial charge >= 0.3 is 5.97 Å². The predicted molar refractivity (Wildman–Crippen MR) is 52.4 cm³/mol. The maximum Gasteiger partial charge on any atom is 0.317 e. The molecule has 2 atom stereocenters. The van der Waals surface area contributed by atoms with Gasteiger partial charge in [0.05, 0.1) is 6.61 Å². The van der Waals surface area contributed by atoms with E-state index in [-0.39, 0.29) is 17.7 Å². The van der Waals surface area contributed by atoms with Crippen molar-refractivity contribution in [1.82, 2.24) is 0 Å². The number of carbonyl (C=O) groups excluding carboxylic acids is 2. The molecule has 1 saturated heterocycles. The van der Waals surface area contributed by atoms with Crippen molar-refractivity contribution in [3.8, 4) is 0 Å². The van der Waals surface area contributed by atoms with E-state index < -0.39 is 5.92 Å². The summed E-state index contributed by atoms with van der Waals surface area (Å²) in [6.07, 6.45) is 0.776. The normalized spacial score (nSPS) is 28.3. The molecule has 2 aliphatic rings. The van der Waals surface area contributed by atoms with Crippen molar-refractivity contribution < 1.29 is 14.3 Å². The second-order valence-corrected chi connectivity index (χ2v) is 4.09. The molecule has 15 heavy (non-hydrogen) atoms. The zero-order valence-electron chi connectivity index (χ0n) is 8.10. The lowest BCUT2D eigenvalue weighted by Crippen LogP contribution is -2.32. The molecule has 1 heterocycles. The molecule has 1 aromatic carbocycles. The number of ether oxygens (including phenoxy) is 1. The molecule has 0 amide bonds. The molecule has 76 valence electrons. The van der Waals surface area contributed by atoms with Crippen LogP contribution in [-0.4, -0.2) is 18.4 Å². The van der Waals surface area contributed by atoms with Gasteiger partial charge in [-0.2, -0.15) is 0 Å². The molecule has 0 spiro atoms. The van der Waals surface area contributed by atoms with E-state index in [1.807, 2.05) is 18.2 Å². The van der Waals surface area contributed by atoms with E-state index in [0.717, 1.165) is 12.0 Å². The van der Waals surface area contributed by atoms with Crippen molar-refractivity contribution in [3.63, 3.8) is 0 Å². The van der Waals surface area contributed by atoms with Gasteiger partial charge in [0.25, 0.3) is 0 Å². The topological polar surface area (TPSA) is 43.4 Å². The molecule has 3 nitrogen and oxygen atoms in total. The minimum atomic E-state index is -0.542. The Morgan fingerprint density at radius 2 is 2.00 bits per heavy atom. The van der Waals surface area contributed by atoms with Crippen LogP contribution in [0.3, 0.4) is 0 Å². The number of benzene rings is 1. The van der Waals surface area contributed by atoms with Crippen LogP contribution in [0, 0.1) is 11.8 Å². The summed E-state index contributed by atoms with van der Waals surface area (Å²) in [4.78, 5) is 23.4. The van der Waals surface area contributed by atoms with Gasteiger partial charge in [-0.3, -0.25) is 9.59 Å². The Hall–Kier alpha value is -1.64. The zero-order valence-corrected chi connectivity index (χ0v) is 8.10. The number of fused-ring (bicyclic) bond motifs is 2. The van der Waals surface area contributed by atoms with Gasteiger partial charge in [0, 0.05) is 11.5 Å². The summed E-state index contributed by atoms with van der Waals surface area (Å²) < 4.78 is 4.94. The molecule has 1 aliphatic carbocycles. The highest BCUT2D eigenvalue weighted by molar-refractivity contribution is 6.11. The van der Waals surface area contributed by atoms with Crippen molar-refractivity contribution in [2.24, 2.45) is 11.8 Å². The summed E-state index contributed by atoms with van der Waals surface area (Å²) in [6.45, 7) is 0.392. The largest absolute Gasteiger partial charge is 0.465 e. The van der Waals surface area contributed by atoms with Crippen LogP contribution in [0.4, 0.5) is 0 Å². The highest BCUT2D eigenvalue weighted by Crippen LogP contribution is 2.34. The number of ketones is 1. The Morgan fingerprint density at radius 3 is 2.87 bits per heavy atom. The first-order valence-electron chi connectivity index (χ1n) is 5.06. The Balaban J connectivity index is 2.11. The first kappa shape index (κ1) is 8.65. The summed E-state index contributed by atoms with van der Waals surface area (Å²) in [6, 6.07) is 7.49. The lowest BCUT2D eigenvalue weighted by molar-refractivity contribution is -0.140. The highest BCUT2D eigenvalue weighted by atomic mass is 16.5. The van der Waals surface area contributed by atoms with E-state index >= 15 is 0 Å². The molecular weight excluding hydrogens is 192 g/mol. The van der Waals surface area contributed by atoms with Crippen molar-refractivity contribution in [3.05, 3.63) is 35.4 Å². The third kappa shape index (κ3) is 1.12. The molecule has 3 rings (SSSR count). The minimum absolute atomic E-state index is 0.0555. The minimum Gasteiger partial charge on any atom is -0.465 e. The molecule has 1 fully saturated rings. The smallest absolute Gasteiger partial charge is 0.317 e. The third-order valence-corrected chi connectivity index (χ3v) is 3.21. The fourth-order valence-electron chi connectivity index (χ4n) is 2.45. The van der Waals surface area contributed by atoms with Crippen LogP contribution >= 0.6 is 0 Å². The van der Waals surface area contributed by atoms with E-state index in [2.05, 4.69) is 0 Å². The van der Waals surface area contributed by atoms with Crippen molar-refractivity contribution >= 4 is 11.8 Å². The summed E-state index contributed by atoms with van der Waals surface area (Å²) >= 11 is 0. The number of hydrogen-bond donors (Lipinski definition) is 0. The number of esters is 1. The molecule has 0 bridgehead atoms. The van der Waals surface area contributed by atoms with Crippen LogP contribution in [0.5, 0.6) is 0 Å². The van der Waals surface area contributed by atoms with Crippen LogP contribution in [0.2, 0.25) is 0 Å². The molecule has 0 N–H and O–H groups in total. The zero-order chi connectivity index (χ0) is 10.4. The Bertz CT molecular complexity index is 450. The van der Waals surface area contributed by atoms with Gasteiger partial charge in [-0.1, -0.05) is 24.3 Å². The Kier molecular flexibility index (Phi) is 1.69. The lowest BCUT2D eigenvalue weighted by Gasteiger charge is -2.22. The maximum absolute atomic E-state index is 12.0. The Morgan fingerprint density at radius 1 is 1.20 bits per heavy atom. The lowest BCUT2D eigenvalue weighted by atomic mass is 9.77. The SMILES string of the molecule is O=C1OCC2Cc3ccccc3C(=O)C12. The monoisotopic (exact) mass is 202 g/mol. The summed E-state index contributed by atoms with van der Waals surface area (Å²) in [5.74, 6) is -0.899. The summed E-state index contributed by atoms with van der Waals surface area (Å²) in [7, 11) is 0. The highest BCUT2D eigenvalue weighted by Gasteiger charge is 2.45. The van der Waals surface area contributed by atoms with Gasteiger partial charge < -0.3 is 4.74 Å².